The predicted octanol–water partition coefficient (Wildman–Crippen LogP) is 8.07. The first kappa shape index (κ1) is 27.7. The van der Waals surface area contributed by atoms with Gasteiger partial charge < -0.3 is 4.90 Å². The molecule has 1 saturated heterocycles. The summed E-state index contributed by atoms with van der Waals surface area (Å²) in [6.07, 6.45) is 5.58. The Hall–Kier alpha value is -4.42. The first-order valence-electron chi connectivity index (χ1n) is 14.5. The second kappa shape index (κ2) is 12.6. The molecule has 0 atom stereocenters. The van der Waals surface area contributed by atoms with E-state index in [1.54, 1.807) is 36.7 Å². The third-order valence-corrected chi connectivity index (χ3v) is 8.07. The van der Waals surface area contributed by atoms with Crippen LogP contribution in [-0.4, -0.2) is 34.0 Å². The number of pyridine rings is 2. The van der Waals surface area contributed by atoms with Crippen LogP contribution in [0.15, 0.2) is 109 Å². The first-order valence-corrected chi connectivity index (χ1v) is 14.5. The number of rotatable bonds is 8. The summed E-state index contributed by atoms with van der Waals surface area (Å²) < 4.78 is 28.9. The SMILES string of the molecule is Cc1ccc(N(Cc2ccnc(-c3ccccc3F)c2)C2CCN(Cc3ccnc(-c4ccccc4F)c3)CC2)cc1. The molecule has 3 heterocycles. The molecule has 1 aliphatic rings. The average molecular weight is 561 g/mol. The molecule has 0 N–H and O–H groups in total. The first-order chi connectivity index (χ1) is 20.5. The van der Waals surface area contributed by atoms with Crippen molar-refractivity contribution in [1.29, 1.82) is 0 Å². The molecule has 5 aromatic rings. The van der Waals surface area contributed by atoms with Crippen molar-refractivity contribution in [1.82, 2.24) is 14.9 Å². The molecule has 2 aromatic heterocycles. The Morgan fingerprint density at radius 1 is 0.714 bits per heavy atom. The molecule has 0 saturated carbocycles. The maximum Gasteiger partial charge on any atom is 0.132 e. The summed E-state index contributed by atoms with van der Waals surface area (Å²) in [4.78, 5) is 13.8. The van der Waals surface area contributed by atoms with E-state index in [0.717, 1.165) is 43.6 Å². The number of piperidine rings is 1. The Morgan fingerprint density at radius 2 is 1.26 bits per heavy atom. The Morgan fingerprint density at radius 3 is 1.86 bits per heavy atom. The van der Waals surface area contributed by atoms with Crippen LogP contribution in [0.2, 0.25) is 0 Å². The topological polar surface area (TPSA) is 32.3 Å². The molecule has 0 spiro atoms. The van der Waals surface area contributed by atoms with E-state index in [2.05, 4.69) is 51.0 Å². The van der Waals surface area contributed by atoms with Crippen molar-refractivity contribution in [3.05, 3.63) is 138 Å². The Bertz CT molecular complexity index is 1640. The van der Waals surface area contributed by atoms with Gasteiger partial charge in [-0.05, 0) is 91.6 Å². The number of hydrogen-bond donors (Lipinski definition) is 0. The van der Waals surface area contributed by atoms with Gasteiger partial charge in [-0.3, -0.25) is 14.9 Å². The van der Waals surface area contributed by atoms with Crippen molar-refractivity contribution >= 4 is 5.69 Å². The zero-order valence-corrected chi connectivity index (χ0v) is 23.8. The third kappa shape index (κ3) is 6.39. The number of aromatic nitrogens is 2. The van der Waals surface area contributed by atoms with E-state index in [-0.39, 0.29) is 11.6 Å². The van der Waals surface area contributed by atoms with Crippen LogP contribution in [0.5, 0.6) is 0 Å². The minimum atomic E-state index is -0.264. The Balaban J connectivity index is 1.17. The van der Waals surface area contributed by atoms with Crippen LogP contribution in [0.3, 0.4) is 0 Å². The molecular weight excluding hydrogens is 526 g/mol. The summed E-state index contributed by atoms with van der Waals surface area (Å²) in [5, 5.41) is 0. The van der Waals surface area contributed by atoms with Crippen LogP contribution in [0.25, 0.3) is 22.5 Å². The molecule has 3 aromatic carbocycles. The fraction of sp³-hybridized carbons (Fsp3) is 0.222. The smallest absolute Gasteiger partial charge is 0.132 e. The van der Waals surface area contributed by atoms with Gasteiger partial charge >= 0.3 is 0 Å². The number of hydrogen-bond acceptors (Lipinski definition) is 4. The lowest BCUT2D eigenvalue weighted by Gasteiger charge is -2.40. The molecule has 0 amide bonds. The fourth-order valence-electron chi connectivity index (χ4n) is 5.79. The number of anilines is 1. The second-order valence-corrected chi connectivity index (χ2v) is 11.0. The summed E-state index contributed by atoms with van der Waals surface area (Å²) in [5.41, 5.74) is 7.01. The van der Waals surface area contributed by atoms with Crippen LogP contribution in [0.4, 0.5) is 14.5 Å². The van der Waals surface area contributed by atoms with Crippen molar-refractivity contribution in [2.45, 2.75) is 38.9 Å². The number of halogens is 2. The average Bonchev–Trinajstić information content (AvgIpc) is 3.02. The lowest BCUT2D eigenvalue weighted by Crippen LogP contribution is -2.44. The second-order valence-electron chi connectivity index (χ2n) is 11.0. The summed E-state index contributed by atoms with van der Waals surface area (Å²) in [6.45, 7) is 5.54. The predicted molar refractivity (Wildman–Crippen MR) is 165 cm³/mol. The van der Waals surface area contributed by atoms with Crippen molar-refractivity contribution in [3.63, 3.8) is 0 Å². The third-order valence-electron chi connectivity index (χ3n) is 8.07. The van der Waals surface area contributed by atoms with Gasteiger partial charge in [-0.25, -0.2) is 8.78 Å². The van der Waals surface area contributed by atoms with Crippen molar-refractivity contribution in [2.75, 3.05) is 18.0 Å². The van der Waals surface area contributed by atoms with Gasteiger partial charge in [0.05, 0.1) is 11.4 Å². The normalized spacial score (nSPS) is 14.2. The zero-order chi connectivity index (χ0) is 28.9. The molecular formula is C36H34F2N4. The van der Waals surface area contributed by atoms with E-state index < -0.39 is 0 Å². The van der Waals surface area contributed by atoms with Gasteiger partial charge in [0, 0.05) is 61.4 Å². The molecule has 1 fully saturated rings. The van der Waals surface area contributed by atoms with Crippen LogP contribution in [0.1, 0.15) is 29.5 Å². The molecule has 42 heavy (non-hydrogen) atoms. The minimum Gasteiger partial charge on any atom is -0.364 e. The number of likely N-dealkylation sites (tertiary alicyclic amines) is 1. The fourth-order valence-corrected chi connectivity index (χ4v) is 5.79. The van der Waals surface area contributed by atoms with Gasteiger partial charge in [-0.1, -0.05) is 42.0 Å². The van der Waals surface area contributed by atoms with Crippen molar-refractivity contribution in [2.24, 2.45) is 0 Å². The zero-order valence-electron chi connectivity index (χ0n) is 23.8. The molecule has 0 aliphatic carbocycles. The summed E-state index contributed by atoms with van der Waals surface area (Å²) >= 11 is 0. The monoisotopic (exact) mass is 560 g/mol. The molecule has 6 rings (SSSR count). The van der Waals surface area contributed by atoms with Crippen LogP contribution >= 0.6 is 0 Å². The highest BCUT2D eigenvalue weighted by Gasteiger charge is 2.26. The molecule has 6 heteroatoms. The van der Waals surface area contributed by atoms with Crippen molar-refractivity contribution < 1.29 is 8.78 Å². The maximum absolute atomic E-state index is 14.5. The molecule has 212 valence electrons. The maximum atomic E-state index is 14.5. The molecule has 0 bridgehead atoms. The Labute approximate surface area is 246 Å². The highest BCUT2D eigenvalue weighted by atomic mass is 19.1. The van der Waals surface area contributed by atoms with Crippen LogP contribution < -0.4 is 4.90 Å². The summed E-state index contributed by atoms with van der Waals surface area (Å²) in [6, 6.07) is 30.7. The van der Waals surface area contributed by atoms with E-state index in [9.17, 15) is 8.78 Å². The van der Waals surface area contributed by atoms with Crippen molar-refractivity contribution in [3.8, 4) is 22.5 Å². The highest BCUT2D eigenvalue weighted by molar-refractivity contribution is 5.61. The van der Waals surface area contributed by atoms with E-state index in [1.807, 2.05) is 36.4 Å². The molecule has 4 nitrogen and oxygen atoms in total. The standard InChI is InChI=1S/C36H34F2N4/c1-26-10-12-29(13-11-26)42(25-28-15-19-40-36(23-28)32-7-3-5-9-34(32)38)30-16-20-41(21-17-30)24-27-14-18-39-35(22-27)31-6-2-4-8-33(31)37/h2-15,18-19,22-23,30H,16-17,20-21,24-25H2,1H3. The summed E-state index contributed by atoms with van der Waals surface area (Å²) in [5.74, 6) is -0.519. The largest absolute Gasteiger partial charge is 0.364 e. The van der Waals surface area contributed by atoms with Gasteiger partial charge in [-0.15, -0.1) is 0 Å². The van der Waals surface area contributed by atoms with E-state index in [0.29, 0.717) is 35.1 Å². The number of nitrogens with zero attached hydrogens (tertiary/aromatic N) is 4. The quantitative estimate of drug-likeness (QED) is 0.192. The molecule has 0 radical (unpaired) electrons. The van der Waals surface area contributed by atoms with Gasteiger partial charge in [-0.2, -0.15) is 0 Å². The molecule has 0 unspecified atom stereocenters. The summed E-state index contributed by atoms with van der Waals surface area (Å²) in [7, 11) is 0. The van der Waals surface area contributed by atoms with Gasteiger partial charge in [0.2, 0.25) is 0 Å². The van der Waals surface area contributed by atoms with E-state index in [4.69, 9.17) is 0 Å². The van der Waals surface area contributed by atoms with Crippen LogP contribution in [-0.2, 0) is 13.1 Å². The Kier molecular flexibility index (Phi) is 8.33. The lowest BCUT2D eigenvalue weighted by molar-refractivity contribution is 0.201. The molecule has 1 aliphatic heterocycles. The van der Waals surface area contributed by atoms with Gasteiger partial charge in [0.1, 0.15) is 11.6 Å². The highest BCUT2D eigenvalue weighted by Crippen LogP contribution is 2.29. The number of benzene rings is 3. The van der Waals surface area contributed by atoms with Crippen LogP contribution in [0, 0.1) is 18.6 Å². The van der Waals surface area contributed by atoms with E-state index >= 15 is 0 Å². The van der Waals surface area contributed by atoms with Gasteiger partial charge in [0.15, 0.2) is 0 Å². The lowest BCUT2D eigenvalue weighted by atomic mass is 10.00. The van der Waals surface area contributed by atoms with Gasteiger partial charge in [0.25, 0.3) is 0 Å². The number of aryl methyl sites for hydroxylation is 1. The minimum absolute atomic E-state index is 0.255. The van der Waals surface area contributed by atoms with E-state index in [1.165, 1.54) is 23.4 Å².